The van der Waals surface area contributed by atoms with Gasteiger partial charge >= 0.3 is 0 Å². The Labute approximate surface area is 128 Å². The summed E-state index contributed by atoms with van der Waals surface area (Å²) in [6.07, 6.45) is 3.30. The molecule has 0 N–H and O–H groups in total. The lowest BCUT2D eigenvalue weighted by atomic mass is 10.2. The van der Waals surface area contributed by atoms with Gasteiger partial charge in [0.1, 0.15) is 11.0 Å². The molecule has 0 atom stereocenters. The maximum Gasteiger partial charge on any atom is 0.149 e. The summed E-state index contributed by atoms with van der Waals surface area (Å²) in [7, 11) is 0. The fourth-order valence-electron chi connectivity index (χ4n) is 2.33. The zero-order valence-corrected chi connectivity index (χ0v) is 12.3. The van der Waals surface area contributed by atoms with Crippen molar-refractivity contribution in [3.05, 3.63) is 46.8 Å². The Bertz CT molecular complexity index is 580. The molecule has 0 radical (unpaired) electrons. The maximum absolute atomic E-state index is 5.91. The molecule has 20 heavy (non-hydrogen) atoms. The van der Waals surface area contributed by atoms with Gasteiger partial charge in [-0.1, -0.05) is 23.2 Å². The van der Waals surface area contributed by atoms with Crippen LogP contribution in [0.15, 0.2) is 36.7 Å². The maximum atomic E-state index is 5.91. The monoisotopic (exact) mass is 308 g/mol. The first kappa shape index (κ1) is 13.5. The molecule has 0 unspecified atom stereocenters. The van der Waals surface area contributed by atoms with Gasteiger partial charge < -0.3 is 9.80 Å². The van der Waals surface area contributed by atoms with Crippen molar-refractivity contribution in [2.24, 2.45) is 0 Å². The molecule has 4 nitrogen and oxygen atoms in total. The van der Waals surface area contributed by atoms with Gasteiger partial charge in [-0.05, 0) is 24.3 Å². The van der Waals surface area contributed by atoms with Crippen LogP contribution in [-0.4, -0.2) is 36.1 Å². The summed E-state index contributed by atoms with van der Waals surface area (Å²) in [6.45, 7) is 3.68. The minimum Gasteiger partial charge on any atom is -0.368 e. The molecule has 0 aliphatic carbocycles. The first-order chi connectivity index (χ1) is 9.72. The number of aromatic nitrogens is 2. The molecule has 3 rings (SSSR count). The molecule has 1 aromatic heterocycles. The second-order valence-electron chi connectivity index (χ2n) is 4.65. The van der Waals surface area contributed by atoms with Gasteiger partial charge in [-0.15, -0.1) is 0 Å². The lowest BCUT2D eigenvalue weighted by molar-refractivity contribution is 0.646. The summed E-state index contributed by atoms with van der Waals surface area (Å²) in [4.78, 5) is 12.9. The molecule has 1 aliphatic heterocycles. The fraction of sp³-hybridized carbons (Fsp3) is 0.286. The SMILES string of the molecule is Clc1ccc(N2CCN(c3cncc(Cl)n3)CC2)cc1. The highest BCUT2D eigenvalue weighted by Gasteiger charge is 2.18. The molecule has 0 spiro atoms. The Hall–Kier alpha value is -1.52. The van der Waals surface area contributed by atoms with Crippen molar-refractivity contribution < 1.29 is 0 Å². The second kappa shape index (κ2) is 5.85. The van der Waals surface area contributed by atoms with Crippen LogP contribution in [0.4, 0.5) is 11.5 Å². The number of halogens is 2. The Balaban J connectivity index is 1.66. The van der Waals surface area contributed by atoms with Crippen molar-refractivity contribution in [3.8, 4) is 0 Å². The number of benzene rings is 1. The van der Waals surface area contributed by atoms with E-state index in [1.807, 2.05) is 12.1 Å². The highest BCUT2D eigenvalue weighted by Crippen LogP contribution is 2.21. The second-order valence-corrected chi connectivity index (χ2v) is 5.47. The minimum absolute atomic E-state index is 0.433. The zero-order valence-electron chi connectivity index (χ0n) is 10.8. The summed E-state index contributed by atoms with van der Waals surface area (Å²) in [5.74, 6) is 0.841. The Morgan fingerprint density at radius 2 is 1.50 bits per heavy atom. The molecule has 1 fully saturated rings. The van der Waals surface area contributed by atoms with Crippen LogP contribution < -0.4 is 9.80 Å². The molecular formula is C14H14Cl2N4. The van der Waals surface area contributed by atoms with Gasteiger partial charge in [0.2, 0.25) is 0 Å². The van der Waals surface area contributed by atoms with Crippen molar-refractivity contribution in [3.63, 3.8) is 0 Å². The van der Waals surface area contributed by atoms with Crippen molar-refractivity contribution >= 4 is 34.7 Å². The highest BCUT2D eigenvalue weighted by atomic mass is 35.5. The van der Waals surface area contributed by atoms with E-state index in [9.17, 15) is 0 Å². The van der Waals surface area contributed by atoms with E-state index in [1.165, 1.54) is 5.69 Å². The number of hydrogen-bond acceptors (Lipinski definition) is 4. The fourth-order valence-corrected chi connectivity index (χ4v) is 2.60. The number of hydrogen-bond donors (Lipinski definition) is 0. The van der Waals surface area contributed by atoms with Crippen LogP contribution >= 0.6 is 23.2 Å². The lowest BCUT2D eigenvalue weighted by Gasteiger charge is -2.36. The Kier molecular flexibility index (Phi) is 3.94. The van der Waals surface area contributed by atoms with Crippen LogP contribution in [-0.2, 0) is 0 Å². The van der Waals surface area contributed by atoms with Crippen molar-refractivity contribution in [2.45, 2.75) is 0 Å². The molecule has 0 bridgehead atoms. The number of piperazine rings is 1. The Morgan fingerprint density at radius 1 is 0.850 bits per heavy atom. The quantitative estimate of drug-likeness (QED) is 0.853. The third kappa shape index (κ3) is 2.97. The largest absolute Gasteiger partial charge is 0.368 e. The van der Waals surface area contributed by atoms with E-state index in [4.69, 9.17) is 23.2 Å². The standard InChI is InChI=1S/C14H14Cl2N4/c15-11-1-3-12(4-2-11)19-5-7-20(8-6-19)14-10-17-9-13(16)18-14/h1-4,9-10H,5-8H2. The third-order valence-corrected chi connectivity index (χ3v) is 3.82. The lowest BCUT2D eigenvalue weighted by Crippen LogP contribution is -2.46. The smallest absolute Gasteiger partial charge is 0.149 e. The van der Waals surface area contributed by atoms with Crippen molar-refractivity contribution in [2.75, 3.05) is 36.0 Å². The van der Waals surface area contributed by atoms with Crippen molar-refractivity contribution in [1.82, 2.24) is 9.97 Å². The molecule has 1 saturated heterocycles. The molecule has 1 aromatic carbocycles. The minimum atomic E-state index is 0.433. The van der Waals surface area contributed by atoms with Crippen LogP contribution in [0.25, 0.3) is 0 Å². The van der Waals surface area contributed by atoms with E-state index in [0.29, 0.717) is 5.15 Å². The van der Waals surface area contributed by atoms with Crippen LogP contribution in [0.2, 0.25) is 10.2 Å². The van der Waals surface area contributed by atoms with Crippen molar-refractivity contribution in [1.29, 1.82) is 0 Å². The topological polar surface area (TPSA) is 32.3 Å². The van der Waals surface area contributed by atoms with Gasteiger partial charge in [0, 0.05) is 36.9 Å². The van der Waals surface area contributed by atoms with Crippen LogP contribution in [0.3, 0.4) is 0 Å². The Morgan fingerprint density at radius 3 is 2.15 bits per heavy atom. The van der Waals surface area contributed by atoms with Gasteiger partial charge in [-0.25, -0.2) is 4.98 Å². The van der Waals surface area contributed by atoms with Gasteiger partial charge in [0.05, 0.1) is 12.4 Å². The summed E-state index contributed by atoms with van der Waals surface area (Å²) in [5, 5.41) is 1.20. The van der Waals surface area contributed by atoms with E-state index in [-0.39, 0.29) is 0 Å². The number of anilines is 2. The van der Waals surface area contributed by atoms with Crippen LogP contribution in [0.5, 0.6) is 0 Å². The molecule has 2 aromatic rings. The predicted molar refractivity (Wildman–Crippen MR) is 82.9 cm³/mol. The van der Waals surface area contributed by atoms with Crippen LogP contribution in [0.1, 0.15) is 0 Å². The van der Waals surface area contributed by atoms with E-state index in [2.05, 4.69) is 31.9 Å². The average molecular weight is 309 g/mol. The zero-order chi connectivity index (χ0) is 13.9. The van der Waals surface area contributed by atoms with Gasteiger partial charge in [-0.3, -0.25) is 4.98 Å². The van der Waals surface area contributed by atoms with Gasteiger partial charge in [-0.2, -0.15) is 0 Å². The van der Waals surface area contributed by atoms with E-state index in [1.54, 1.807) is 12.4 Å². The first-order valence-corrected chi connectivity index (χ1v) is 7.21. The molecule has 2 heterocycles. The average Bonchev–Trinajstić information content (AvgIpc) is 2.48. The normalized spacial score (nSPS) is 15.5. The third-order valence-electron chi connectivity index (χ3n) is 3.39. The highest BCUT2D eigenvalue weighted by molar-refractivity contribution is 6.30. The van der Waals surface area contributed by atoms with E-state index >= 15 is 0 Å². The summed E-state index contributed by atoms with van der Waals surface area (Å²) in [6, 6.07) is 7.95. The van der Waals surface area contributed by atoms with E-state index < -0.39 is 0 Å². The number of nitrogens with zero attached hydrogens (tertiary/aromatic N) is 4. The predicted octanol–water partition coefficient (Wildman–Crippen LogP) is 3.11. The molecule has 1 aliphatic rings. The molecular weight excluding hydrogens is 295 g/mol. The molecule has 6 heteroatoms. The molecule has 0 amide bonds. The molecule has 0 saturated carbocycles. The van der Waals surface area contributed by atoms with Crippen LogP contribution in [0, 0.1) is 0 Å². The summed E-state index contributed by atoms with van der Waals surface area (Å²) in [5.41, 5.74) is 1.20. The number of rotatable bonds is 2. The van der Waals surface area contributed by atoms with Gasteiger partial charge in [0.25, 0.3) is 0 Å². The molecule has 104 valence electrons. The summed E-state index contributed by atoms with van der Waals surface area (Å²) >= 11 is 11.8. The van der Waals surface area contributed by atoms with Gasteiger partial charge in [0.15, 0.2) is 0 Å². The van der Waals surface area contributed by atoms with E-state index in [0.717, 1.165) is 37.0 Å². The summed E-state index contributed by atoms with van der Waals surface area (Å²) < 4.78 is 0. The first-order valence-electron chi connectivity index (χ1n) is 6.45.